The van der Waals surface area contributed by atoms with Gasteiger partial charge in [-0.2, -0.15) is 0 Å². The van der Waals surface area contributed by atoms with E-state index in [0.717, 1.165) is 25.7 Å². The van der Waals surface area contributed by atoms with Crippen molar-refractivity contribution in [3.05, 3.63) is 47.5 Å². The Morgan fingerprint density at radius 3 is 1.39 bits per heavy atom. The second-order valence-electron chi connectivity index (χ2n) is 19.8. The molecule has 368 valence electrons. The molecule has 2 aromatic rings. The highest BCUT2D eigenvalue weighted by molar-refractivity contribution is 6.06. The summed E-state index contributed by atoms with van der Waals surface area (Å²) in [6, 6.07) is 8.64. The predicted octanol–water partition coefficient (Wildman–Crippen LogP) is 7.24. The van der Waals surface area contributed by atoms with Crippen molar-refractivity contribution in [2.45, 2.75) is 160 Å². The number of benzene rings is 2. The number of rotatable bonds is 12. The molecule has 6 aliphatic rings. The first-order valence-corrected chi connectivity index (χ1v) is 23.8. The molecular weight excluding hydrogens is 869 g/mol. The van der Waals surface area contributed by atoms with Gasteiger partial charge in [-0.05, 0) is 136 Å². The summed E-state index contributed by atoms with van der Waals surface area (Å²) in [6.07, 6.45) is 0.577. The molecule has 6 heterocycles. The number of amides is 4. The Morgan fingerprint density at radius 2 is 1.03 bits per heavy atom. The van der Waals surface area contributed by atoms with Crippen LogP contribution in [-0.4, -0.2) is 148 Å². The van der Waals surface area contributed by atoms with E-state index >= 15 is 0 Å². The van der Waals surface area contributed by atoms with Gasteiger partial charge in [-0.1, -0.05) is 0 Å². The number of methoxy groups -OCH3 is 2. The third-order valence-electron chi connectivity index (χ3n) is 12.8. The maximum absolute atomic E-state index is 14.5. The molecule has 8 rings (SSSR count). The number of carbonyl (C=O) groups excluding carboxylic acids is 4. The molecule has 0 aromatic heterocycles. The number of hydrogen-bond donors (Lipinski definition) is 0. The predicted molar refractivity (Wildman–Crippen MR) is 243 cm³/mol. The highest BCUT2D eigenvalue weighted by atomic mass is 16.7. The van der Waals surface area contributed by atoms with Gasteiger partial charge in [0, 0.05) is 39.5 Å². The van der Waals surface area contributed by atoms with Crippen molar-refractivity contribution in [3.8, 4) is 11.5 Å². The summed E-state index contributed by atoms with van der Waals surface area (Å²) in [5.41, 5.74) is -0.443. The average Bonchev–Trinajstić information content (AvgIpc) is 3.87. The molecule has 6 aliphatic heterocycles. The molecule has 0 N–H and O–H groups in total. The van der Waals surface area contributed by atoms with Crippen LogP contribution in [0.4, 0.5) is 21.0 Å². The zero-order valence-corrected chi connectivity index (χ0v) is 40.2. The molecule has 18 nitrogen and oxygen atoms in total. The molecule has 4 unspecified atom stereocenters. The smallest absolute Gasteiger partial charge is 0.417 e. The molecule has 67 heavy (non-hydrogen) atoms. The molecule has 0 aliphatic carbocycles. The van der Waals surface area contributed by atoms with Gasteiger partial charge in [0.2, 0.25) is 0 Å². The summed E-state index contributed by atoms with van der Waals surface area (Å²) in [5, 5.41) is 0. The first-order chi connectivity index (χ1) is 32.0. The number of nitrogens with zero attached hydrogens (tertiary/aromatic N) is 4. The van der Waals surface area contributed by atoms with Gasteiger partial charge >= 0.3 is 12.2 Å². The van der Waals surface area contributed by atoms with Crippen LogP contribution in [0.25, 0.3) is 0 Å². The molecule has 4 fully saturated rings. The molecule has 18 heteroatoms. The van der Waals surface area contributed by atoms with Crippen LogP contribution < -0.4 is 19.3 Å². The lowest BCUT2D eigenvalue weighted by atomic mass is 10.1. The highest BCUT2D eigenvalue weighted by Gasteiger charge is 2.54. The van der Waals surface area contributed by atoms with Crippen LogP contribution in [0.3, 0.4) is 0 Å². The Balaban J connectivity index is 1.03. The van der Waals surface area contributed by atoms with Crippen LogP contribution in [0.2, 0.25) is 0 Å². The van der Waals surface area contributed by atoms with E-state index < -0.39 is 72.7 Å². The van der Waals surface area contributed by atoms with Gasteiger partial charge in [0.05, 0.1) is 48.9 Å². The molecule has 4 saturated heterocycles. The summed E-state index contributed by atoms with van der Waals surface area (Å²) in [4.78, 5) is 64.1. The molecule has 0 radical (unpaired) electrons. The Labute approximate surface area is 393 Å². The van der Waals surface area contributed by atoms with E-state index in [-0.39, 0.29) is 36.2 Å². The van der Waals surface area contributed by atoms with Gasteiger partial charge in [0.1, 0.15) is 34.8 Å². The van der Waals surface area contributed by atoms with E-state index in [1.54, 1.807) is 87.7 Å². The van der Waals surface area contributed by atoms with Gasteiger partial charge in [0.25, 0.3) is 11.8 Å². The third kappa shape index (κ3) is 10.8. The lowest BCUT2D eigenvalue weighted by molar-refractivity contribution is -0.202. The minimum atomic E-state index is -1.01. The van der Waals surface area contributed by atoms with E-state index in [1.807, 2.05) is 0 Å². The van der Waals surface area contributed by atoms with Crippen LogP contribution in [0.15, 0.2) is 36.4 Å². The van der Waals surface area contributed by atoms with Crippen LogP contribution in [-0.2, 0) is 37.9 Å². The van der Waals surface area contributed by atoms with Crippen molar-refractivity contribution in [2.75, 3.05) is 63.5 Å². The Bertz CT molecular complexity index is 1950. The maximum atomic E-state index is 14.5. The highest BCUT2D eigenvalue weighted by Crippen LogP contribution is 2.42. The van der Waals surface area contributed by atoms with Crippen LogP contribution in [0.1, 0.15) is 120 Å². The minimum absolute atomic E-state index is 0.244. The van der Waals surface area contributed by atoms with Crippen LogP contribution >= 0.6 is 0 Å². The second kappa shape index (κ2) is 20.5. The standard InChI is InChI=1S/C49H68N4O14/c1-48(2,3)66-46(56)52-34-18-16-30(58-7)28-32(34)42(54)50-22-20-36(40(50)44(52)64-38-14-9-11-24-62-38)60-26-13-27-61-37-21-23-51-41(37)45(65-39-15-10-12-25-63-39)53(47(57)67-49(4,5)6)35-19-17-31(59-8)29-33(35)43(51)55/h16-19,28-29,36-41,44-45H,9-15,20-27H2,1-8H3/t36?,37?,38?,39?,40-,41-,44-,45-/m0/s1. The molecule has 4 amide bonds. The zero-order chi connectivity index (χ0) is 47.6. The van der Waals surface area contributed by atoms with Gasteiger partial charge < -0.3 is 57.2 Å². The summed E-state index contributed by atoms with van der Waals surface area (Å²) in [5.74, 6) is 0.377. The zero-order valence-electron chi connectivity index (χ0n) is 40.2. The monoisotopic (exact) mass is 936 g/mol. The average molecular weight is 937 g/mol. The van der Waals surface area contributed by atoms with Crippen molar-refractivity contribution in [3.63, 3.8) is 0 Å². The number of anilines is 2. The Kier molecular flexibility index (Phi) is 14.9. The van der Waals surface area contributed by atoms with Gasteiger partial charge in [-0.3, -0.25) is 9.59 Å². The molecule has 0 saturated carbocycles. The summed E-state index contributed by atoms with van der Waals surface area (Å²) < 4.78 is 62.0. The van der Waals surface area contributed by atoms with Crippen molar-refractivity contribution in [1.29, 1.82) is 0 Å². The number of hydrogen-bond acceptors (Lipinski definition) is 14. The molecule has 2 aromatic carbocycles. The van der Waals surface area contributed by atoms with Crippen molar-refractivity contribution in [2.24, 2.45) is 0 Å². The molecule has 0 bridgehead atoms. The summed E-state index contributed by atoms with van der Waals surface area (Å²) in [7, 11) is 3.06. The largest absolute Gasteiger partial charge is 0.497 e. The fourth-order valence-electron chi connectivity index (χ4n) is 9.81. The lowest BCUT2D eigenvalue weighted by Crippen LogP contribution is -2.58. The van der Waals surface area contributed by atoms with Crippen LogP contribution in [0.5, 0.6) is 11.5 Å². The third-order valence-corrected chi connectivity index (χ3v) is 12.8. The second-order valence-corrected chi connectivity index (χ2v) is 19.8. The Morgan fingerprint density at radius 1 is 0.612 bits per heavy atom. The summed E-state index contributed by atoms with van der Waals surface area (Å²) >= 11 is 0. The van der Waals surface area contributed by atoms with Crippen molar-refractivity contribution in [1.82, 2.24) is 9.80 Å². The SMILES string of the molecule is COc1ccc2c(c1)C(=O)N1CCC(OCCCOC3CCN4C(=O)c5cc(OC)ccc5N(C(=O)OC(C)(C)C)[C@@H](OC5CCCCO5)[C@H]34)[C@H]1[C@H](OC1CCCCO1)N2C(=O)OC(C)(C)C. The van der Waals surface area contributed by atoms with E-state index in [4.69, 9.17) is 47.4 Å². The molecule has 8 atom stereocenters. The van der Waals surface area contributed by atoms with Gasteiger partial charge in [-0.15, -0.1) is 0 Å². The normalized spacial score (nSPS) is 27.6. The maximum Gasteiger partial charge on any atom is 0.417 e. The molecule has 0 spiro atoms. The van der Waals surface area contributed by atoms with E-state index in [9.17, 15) is 19.2 Å². The fourth-order valence-corrected chi connectivity index (χ4v) is 9.81. The quantitative estimate of drug-likeness (QED) is 0.195. The first-order valence-electron chi connectivity index (χ1n) is 23.8. The lowest BCUT2D eigenvalue weighted by Gasteiger charge is -2.40. The molecular formula is C49H68N4O14. The number of fused-ring (bicyclic) bond motifs is 4. The topological polar surface area (TPSA) is 174 Å². The van der Waals surface area contributed by atoms with Gasteiger partial charge in [0.15, 0.2) is 25.0 Å². The van der Waals surface area contributed by atoms with Crippen molar-refractivity contribution < 1.29 is 66.5 Å². The van der Waals surface area contributed by atoms with E-state index in [1.165, 1.54) is 24.0 Å². The summed E-state index contributed by atoms with van der Waals surface area (Å²) in [6.45, 7) is 13.0. The minimum Gasteiger partial charge on any atom is -0.497 e. The fraction of sp³-hybridized carbons (Fsp3) is 0.673. The van der Waals surface area contributed by atoms with E-state index in [2.05, 4.69) is 0 Å². The van der Waals surface area contributed by atoms with Gasteiger partial charge in [-0.25, -0.2) is 19.4 Å². The van der Waals surface area contributed by atoms with Crippen molar-refractivity contribution >= 4 is 35.4 Å². The van der Waals surface area contributed by atoms with Crippen LogP contribution in [0, 0.1) is 0 Å². The van der Waals surface area contributed by atoms with E-state index in [0.29, 0.717) is 81.3 Å². The Hall–Kier alpha value is -4.72. The number of carbonyl (C=O) groups is 4. The first kappa shape index (κ1) is 48.7. The number of ether oxygens (including phenoxy) is 10.